The van der Waals surface area contributed by atoms with Gasteiger partial charge < -0.3 is 5.32 Å². The van der Waals surface area contributed by atoms with Crippen LogP contribution in [0, 0.1) is 0 Å². The number of nitrogens with zero attached hydrogens (tertiary/aromatic N) is 5. The van der Waals surface area contributed by atoms with Crippen LogP contribution >= 0.6 is 0 Å². The Kier molecular flexibility index (Phi) is 5.07. The molecule has 29 heavy (non-hydrogen) atoms. The van der Waals surface area contributed by atoms with Gasteiger partial charge in [0.25, 0.3) is 5.91 Å². The van der Waals surface area contributed by atoms with Crippen LogP contribution in [-0.2, 0) is 16.9 Å². The van der Waals surface area contributed by atoms with Gasteiger partial charge in [0, 0.05) is 0 Å². The molecule has 1 aliphatic rings. The molecule has 1 atom stereocenters. The van der Waals surface area contributed by atoms with Gasteiger partial charge >= 0.3 is 6.03 Å². The van der Waals surface area contributed by atoms with Gasteiger partial charge in [-0.1, -0.05) is 68.3 Å². The van der Waals surface area contributed by atoms with Crippen molar-refractivity contribution in [2.75, 3.05) is 0 Å². The maximum Gasteiger partial charge on any atom is 0.325 e. The highest BCUT2D eigenvalue weighted by molar-refractivity contribution is 6.07. The van der Waals surface area contributed by atoms with E-state index in [2.05, 4.69) is 27.8 Å². The fourth-order valence-electron chi connectivity index (χ4n) is 3.66. The predicted molar refractivity (Wildman–Crippen MR) is 106 cm³/mol. The maximum atomic E-state index is 13.5. The van der Waals surface area contributed by atoms with E-state index in [4.69, 9.17) is 0 Å². The van der Waals surface area contributed by atoms with E-state index in [0.717, 1.165) is 24.1 Å². The molecular weight excluding hydrogens is 368 g/mol. The summed E-state index contributed by atoms with van der Waals surface area (Å²) in [5, 5.41) is 14.7. The van der Waals surface area contributed by atoms with Crippen LogP contribution in [-0.4, -0.2) is 37.0 Å². The Balaban J connectivity index is 1.66. The number of hydrogen-bond acceptors (Lipinski definition) is 5. The summed E-state index contributed by atoms with van der Waals surface area (Å²) in [4.78, 5) is 27.5. The molecule has 1 saturated heterocycles. The SMILES string of the molecule is CCCCC1(c2ccccc2)NC(=O)N(Cc2nnnn2-c2ccccc2)C1=O. The van der Waals surface area contributed by atoms with Gasteiger partial charge in [-0.05, 0) is 34.5 Å². The first-order valence-corrected chi connectivity index (χ1v) is 9.68. The number of imide groups is 1. The Labute approximate surface area is 168 Å². The number of tetrazole rings is 1. The summed E-state index contributed by atoms with van der Waals surface area (Å²) in [5.41, 5.74) is 0.496. The standard InChI is InChI=1S/C21H22N6O2/c1-2-3-14-21(16-10-6-4-7-11-16)19(28)26(20(29)22-21)15-18-23-24-25-27(18)17-12-8-5-9-13-17/h4-13H,2-3,14-15H2,1H3,(H,22,29). The van der Waals surface area contributed by atoms with Crippen LogP contribution in [0.2, 0.25) is 0 Å². The molecule has 2 heterocycles. The third-order valence-electron chi connectivity index (χ3n) is 5.18. The third-order valence-corrected chi connectivity index (χ3v) is 5.18. The number of rotatable bonds is 7. The molecule has 1 aromatic heterocycles. The number of hydrogen-bond donors (Lipinski definition) is 1. The Bertz CT molecular complexity index is 1000. The second-order valence-electron chi connectivity index (χ2n) is 7.04. The quantitative estimate of drug-likeness (QED) is 0.626. The third kappa shape index (κ3) is 3.37. The summed E-state index contributed by atoms with van der Waals surface area (Å²) in [6.07, 6.45) is 2.28. The number of unbranched alkanes of at least 4 members (excludes halogenated alkanes) is 1. The van der Waals surface area contributed by atoms with Gasteiger partial charge in [0.2, 0.25) is 0 Å². The molecule has 3 aromatic rings. The van der Waals surface area contributed by atoms with E-state index in [1.165, 1.54) is 9.58 Å². The van der Waals surface area contributed by atoms with E-state index in [0.29, 0.717) is 12.2 Å². The van der Waals surface area contributed by atoms with Crippen molar-refractivity contribution in [3.63, 3.8) is 0 Å². The lowest BCUT2D eigenvalue weighted by atomic mass is 9.85. The Hall–Kier alpha value is -3.55. The fraction of sp³-hybridized carbons (Fsp3) is 0.286. The van der Waals surface area contributed by atoms with Crippen molar-refractivity contribution in [3.05, 3.63) is 72.1 Å². The number of carbonyl (C=O) groups excluding carboxylic acids is 2. The molecular formula is C21H22N6O2. The molecule has 1 N–H and O–H groups in total. The first-order chi connectivity index (χ1) is 14.2. The average molecular weight is 390 g/mol. The average Bonchev–Trinajstić information content (AvgIpc) is 3.32. The van der Waals surface area contributed by atoms with Crippen molar-refractivity contribution < 1.29 is 9.59 Å². The van der Waals surface area contributed by atoms with Crippen LogP contribution in [0.3, 0.4) is 0 Å². The number of nitrogens with one attached hydrogen (secondary N) is 1. The number of benzene rings is 2. The van der Waals surface area contributed by atoms with Crippen molar-refractivity contribution in [3.8, 4) is 5.69 Å². The number of aromatic nitrogens is 4. The minimum Gasteiger partial charge on any atom is -0.319 e. The second kappa shape index (κ2) is 7.83. The lowest BCUT2D eigenvalue weighted by Gasteiger charge is -2.27. The molecule has 8 nitrogen and oxygen atoms in total. The predicted octanol–water partition coefficient (Wildman–Crippen LogP) is 2.80. The van der Waals surface area contributed by atoms with E-state index in [9.17, 15) is 9.59 Å². The summed E-state index contributed by atoms with van der Waals surface area (Å²) in [7, 11) is 0. The molecule has 0 radical (unpaired) electrons. The lowest BCUT2D eigenvalue weighted by molar-refractivity contribution is -0.132. The second-order valence-corrected chi connectivity index (χ2v) is 7.04. The van der Waals surface area contributed by atoms with Gasteiger partial charge in [-0.2, -0.15) is 4.68 Å². The zero-order valence-electron chi connectivity index (χ0n) is 16.2. The van der Waals surface area contributed by atoms with E-state index in [-0.39, 0.29) is 12.5 Å². The van der Waals surface area contributed by atoms with E-state index in [1.54, 1.807) is 0 Å². The molecule has 1 aliphatic heterocycles. The lowest BCUT2D eigenvalue weighted by Crippen LogP contribution is -2.44. The fourth-order valence-corrected chi connectivity index (χ4v) is 3.66. The normalized spacial score (nSPS) is 18.9. The van der Waals surface area contributed by atoms with Crippen molar-refractivity contribution in [2.24, 2.45) is 0 Å². The largest absolute Gasteiger partial charge is 0.325 e. The highest BCUT2D eigenvalue weighted by Gasteiger charge is 2.52. The van der Waals surface area contributed by atoms with Crippen molar-refractivity contribution >= 4 is 11.9 Å². The van der Waals surface area contributed by atoms with Gasteiger partial charge in [0.05, 0.1) is 12.2 Å². The van der Waals surface area contributed by atoms with Crippen LogP contribution in [0.5, 0.6) is 0 Å². The van der Waals surface area contributed by atoms with Crippen molar-refractivity contribution in [1.29, 1.82) is 0 Å². The summed E-state index contributed by atoms with van der Waals surface area (Å²) in [6.45, 7) is 2.05. The summed E-state index contributed by atoms with van der Waals surface area (Å²) in [5.74, 6) is 0.142. The summed E-state index contributed by atoms with van der Waals surface area (Å²) >= 11 is 0. The zero-order chi connectivity index (χ0) is 20.3. The number of carbonyl (C=O) groups is 2. The molecule has 0 aliphatic carbocycles. The van der Waals surface area contributed by atoms with Crippen LogP contribution in [0.4, 0.5) is 4.79 Å². The molecule has 8 heteroatoms. The van der Waals surface area contributed by atoms with Gasteiger partial charge in [-0.15, -0.1) is 5.10 Å². The monoisotopic (exact) mass is 390 g/mol. The van der Waals surface area contributed by atoms with Gasteiger partial charge in [0.15, 0.2) is 5.82 Å². The highest BCUT2D eigenvalue weighted by Crippen LogP contribution is 2.34. The molecule has 1 unspecified atom stereocenters. The minimum absolute atomic E-state index is 0.00668. The number of amides is 3. The van der Waals surface area contributed by atoms with Gasteiger partial charge in [-0.25, -0.2) is 4.79 Å². The van der Waals surface area contributed by atoms with Crippen LogP contribution in [0.1, 0.15) is 37.6 Å². The molecule has 3 amide bonds. The number of urea groups is 1. The van der Waals surface area contributed by atoms with Gasteiger partial charge in [-0.3, -0.25) is 9.69 Å². The molecule has 1 fully saturated rings. The van der Waals surface area contributed by atoms with E-state index in [1.807, 2.05) is 60.7 Å². The van der Waals surface area contributed by atoms with E-state index >= 15 is 0 Å². The molecule has 2 aromatic carbocycles. The van der Waals surface area contributed by atoms with Crippen LogP contribution < -0.4 is 5.32 Å². The van der Waals surface area contributed by atoms with Crippen molar-refractivity contribution in [1.82, 2.24) is 30.4 Å². The highest BCUT2D eigenvalue weighted by atomic mass is 16.2. The van der Waals surface area contributed by atoms with E-state index < -0.39 is 11.6 Å². The smallest absolute Gasteiger partial charge is 0.319 e. The Morgan fingerprint density at radius 2 is 1.69 bits per heavy atom. The molecule has 148 valence electrons. The van der Waals surface area contributed by atoms with Crippen LogP contribution in [0.25, 0.3) is 5.69 Å². The first-order valence-electron chi connectivity index (χ1n) is 9.68. The zero-order valence-corrected chi connectivity index (χ0v) is 16.2. The van der Waals surface area contributed by atoms with Crippen LogP contribution in [0.15, 0.2) is 60.7 Å². The molecule has 0 bridgehead atoms. The summed E-state index contributed by atoms with van der Waals surface area (Å²) < 4.78 is 1.54. The topological polar surface area (TPSA) is 93.0 Å². The number of para-hydroxylation sites is 1. The summed E-state index contributed by atoms with van der Waals surface area (Å²) in [6, 6.07) is 18.3. The Morgan fingerprint density at radius 1 is 1.00 bits per heavy atom. The van der Waals surface area contributed by atoms with Crippen molar-refractivity contribution in [2.45, 2.75) is 38.3 Å². The molecule has 0 saturated carbocycles. The maximum absolute atomic E-state index is 13.5. The molecule has 4 rings (SSSR count). The molecule has 0 spiro atoms. The first kappa shape index (κ1) is 18.8. The Morgan fingerprint density at radius 3 is 2.38 bits per heavy atom. The minimum atomic E-state index is -1.06. The van der Waals surface area contributed by atoms with Gasteiger partial charge in [0.1, 0.15) is 5.54 Å².